The van der Waals surface area contributed by atoms with Crippen LogP contribution >= 0.6 is 0 Å². The van der Waals surface area contributed by atoms with Gasteiger partial charge in [0, 0.05) is 18.8 Å². The molecule has 0 N–H and O–H groups in total. The summed E-state index contributed by atoms with van der Waals surface area (Å²) in [4.78, 5) is 4.13. The monoisotopic (exact) mass is 244 g/mol. The lowest BCUT2D eigenvalue weighted by Gasteiger charge is -2.25. The normalized spacial score (nSPS) is 18.6. The Kier molecular flexibility index (Phi) is 3.06. The summed E-state index contributed by atoms with van der Waals surface area (Å²) < 4.78 is 7.76. The van der Waals surface area contributed by atoms with E-state index in [9.17, 15) is 0 Å². The third-order valence-corrected chi connectivity index (χ3v) is 3.30. The maximum absolute atomic E-state index is 5.53. The minimum Gasteiger partial charge on any atom is -0.371 e. The molecule has 0 bridgehead atoms. The molecule has 0 aliphatic carbocycles. The molecule has 0 saturated heterocycles. The van der Waals surface area contributed by atoms with Crippen LogP contribution < -0.4 is 0 Å². The summed E-state index contributed by atoms with van der Waals surface area (Å²) in [6.07, 6.45) is 5.47. The minimum absolute atomic E-state index is 0.357. The molecule has 1 atom stereocenters. The van der Waals surface area contributed by atoms with Crippen LogP contribution in [0.5, 0.6) is 0 Å². The topological polar surface area (TPSA) is 52.8 Å². The number of fused-ring (bicyclic) bond motifs is 1. The fourth-order valence-electron chi connectivity index (χ4n) is 2.35. The zero-order chi connectivity index (χ0) is 12.4. The van der Waals surface area contributed by atoms with Gasteiger partial charge in [-0.05, 0) is 18.1 Å². The lowest BCUT2D eigenvalue weighted by Crippen LogP contribution is -2.25. The fourth-order valence-corrected chi connectivity index (χ4v) is 2.35. The molecule has 1 unspecified atom stereocenters. The summed E-state index contributed by atoms with van der Waals surface area (Å²) in [6.45, 7) is 3.48. The second kappa shape index (κ2) is 4.86. The predicted octanol–water partition coefficient (Wildman–Crippen LogP) is 1.75. The average Bonchev–Trinajstić information content (AvgIpc) is 2.83. The van der Waals surface area contributed by atoms with Gasteiger partial charge in [0.25, 0.3) is 0 Å². The molecule has 1 aliphatic heterocycles. The highest BCUT2D eigenvalue weighted by molar-refractivity contribution is 5.16. The van der Waals surface area contributed by atoms with E-state index in [2.05, 4.69) is 32.7 Å². The standard InChI is InChI=1S/C13H16N4O/c1-2-11-8-18-9-13-16-15-12(17(11)13)6-10-4-3-5-14-7-10/h3-5,7,11H,2,6,8-9H2,1H3. The Bertz CT molecular complexity index is 523. The van der Waals surface area contributed by atoms with Crippen molar-refractivity contribution < 1.29 is 4.74 Å². The van der Waals surface area contributed by atoms with Crippen LogP contribution in [0.3, 0.4) is 0 Å². The van der Waals surface area contributed by atoms with Gasteiger partial charge in [0.15, 0.2) is 5.82 Å². The van der Waals surface area contributed by atoms with Crippen LogP contribution in [-0.2, 0) is 17.8 Å². The summed E-state index contributed by atoms with van der Waals surface area (Å²) in [5, 5.41) is 8.52. The van der Waals surface area contributed by atoms with Crippen molar-refractivity contribution in [3.63, 3.8) is 0 Å². The Morgan fingerprint density at radius 2 is 2.39 bits per heavy atom. The fraction of sp³-hybridized carbons (Fsp3) is 0.462. The summed E-state index contributed by atoms with van der Waals surface area (Å²) in [7, 11) is 0. The second-order valence-electron chi connectivity index (χ2n) is 4.52. The number of rotatable bonds is 3. The minimum atomic E-state index is 0.357. The first-order valence-electron chi connectivity index (χ1n) is 6.27. The van der Waals surface area contributed by atoms with Gasteiger partial charge in [-0.2, -0.15) is 0 Å². The van der Waals surface area contributed by atoms with Crippen LogP contribution in [0.15, 0.2) is 24.5 Å². The molecule has 2 aromatic heterocycles. The van der Waals surface area contributed by atoms with E-state index >= 15 is 0 Å². The highest BCUT2D eigenvalue weighted by Crippen LogP contribution is 2.23. The molecule has 0 fully saturated rings. The first-order valence-corrected chi connectivity index (χ1v) is 6.27. The third-order valence-electron chi connectivity index (χ3n) is 3.30. The molecule has 0 aromatic carbocycles. The van der Waals surface area contributed by atoms with E-state index < -0.39 is 0 Å². The smallest absolute Gasteiger partial charge is 0.159 e. The van der Waals surface area contributed by atoms with E-state index in [0.29, 0.717) is 12.6 Å². The van der Waals surface area contributed by atoms with Crippen molar-refractivity contribution in [2.75, 3.05) is 6.61 Å². The van der Waals surface area contributed by atoms with Gasteiger partial charge in [0.1, 0.15) is 12.4 Å². The van der Waals surface area contributed by atoms with Crippen molar-refractivity contribution >= 4 is 0 Å². The maximum atomic E-state index is 5.53. The molecule has 3 heterocycles. The third kappa shape index (κ3) is 2.01. The van der Waals surface area contributed by atoms with Gasteiger partial charge in [-0.3, -0.25) is 4.98 Å². The van der Waals surface area contributed by atoms with Crippen LogP contribution in [0.25, 0.3) is 0 Å². The van der Waals surface area contributed by atoms with Crippen LogP contribution in [0.2, 0.25) is 0 Å². The van der Waals surface area contributed by atoms with Crippen LogP contribution in [0.4, 0.5) is 0 Å². The second-order valence-corrected chi connectivity index (χ2v) is 4.52. The van der Waals surface area contributed by atoms with E-state index in [4.69, 9.17) is 4.74 Å². The Hall–Kier alpha value is -1.75. The zero-order valence-corrected chi connectivity index (χ0v) is 10.4. The molecular formula is C13H16N4O. The molecule has 0 radical (unpaired) electrons. The van der Waals surface area contributed by atoms with Crippen LogP contribution in [-0.4, -0.2) is 26.4 Å². The molecule has 94 valence electrons. The number of pyridine rings is 1. The number of aromatic nitrogens is 4. The van der Waals surface area contributed by atoms with E-state index in [1.165, 1.54) is 0 Å². The van der Waals surface area contributed by atoms with Crippen molar-refractivity contribution in [1.29, 1.82) is 0 Å². The summed E-state index contributed by atoms with van der Waals surface area (Å²) >= 11 is 0. The largest absolute Gasteiger partial charge is 0.371 e. The molecule has 5 nitrogen and oxygen atoms in total. The molecule has 3 rings (SSSR count). The molecule has 1 aliphatic rings. The van der Waals surface area contributed by atoms with Crippen molar-refractivity contribution in [1.82, 2.24) is 19.7 Å². The van der Waals surface area contributed by atoms with Gasteiger partial charge in [0.05, 0.1) is 12.6 Å². The molecule has 0 amide bonds. The van der Waals surface area contributed by atoms with Gasteiger partial charge >= 0.3 is 0 Å². The zero-order valence-electron chi connectivity index (χ0n) is 10.4. The van der Waals surface area contributed by atoms with Gasteiger partial charge in [-0.1, -0.05) is 13.0 Å². The Morgan fingerprint density at radius 3 is 3.17 bits per heavy atom. The first kappa shape index (κ1) is 11.3. The molecule has 0 saturated carbocycles. The van der Waals surface area contributed by atoms with E-state index in [1.807, 2.05) is 12.3 Å². The number of ether oxygens (including phenoxy) is 1. The predicted molar refractivity (Wildman–Crippen MR) is 66.0 cm³/mol. The van der Waals surface area contributed by atoms with Crippen molar-refractivity contribution in [3.05, 3.63) is 41.7 Å². The average molecular weight is 244 g/mol. The highest BCUT2D eigenvalue weighted by atomic mass is 16.5. The summed E-state index contributed by atoms with van der Waals surface area (Å²) in [5.74, 6) is 1.94. The van der Waals surface area contributed by atoms with E-state index in [-0.39, 0.29) is 0 Å². The van der Waals surface area contributed by atoms with Crippen LogP contribution in [0, 0.1) is 0 Å². The van der Waals surface area contributed by atoms with Crippen LogP contribution in [0.1, 0.15) is 36.6 Å². The number of nitrogens with zero attached hydrogens (tertiary/aromatic N) is 4. The lowest BCUT2D eigenvalue weighted by molar-refractivity contribution is 0.0525. The van der Waals surface area contributed by atoms with Crippen molar-refractivity contribution in [2.45, 2.75) is 32.4 Å². The van der Waals surface area contributed by atoms with Gasteiger partial charge in [-0.25, -0.2) is 0 Å². The molecular weight excluding hydrogens is 228 g/mol. The van der Waals surface area contributed by atoms with Crippen molar-refractivity contribution in [3.8, 4) is 0 Å². The first-order chi connectivity index (χ1) is 8.88. The molecule has 18 heavy (non-hydrogen) atoms. The molecule has 5 heteroatoms. The highest BCUT2D eigenvalue weighted by Gasteiger charge is 2.23. The van der Waals surface area contributed by atoms with Gasteiger partial charge in [0.2, 0.25) is 0 Å². The lowest BCUT2D eigenvalue weighted by atomic mass is 10.1. The van der Waals surface area contributed by atoms with Gasteiger partial charge in [-0.15, -0.1) is 10.2 Å². The SMILES string of the molecule is CCC1COCc2nnc(Cc3cccnc3)n21. The van der Waals surface area contributed by atoms with E-state index in [1.54, 1.807) is 6.20 Å². The number of hydrogen-bond donors (Lipinski definition) is 0. The molecule has 2 aromatic rings. The quantitative estimate of drug-likeness (QED) is 0.825. The Balaban J connectivity index is 1.92. The summed E-state index contributed by atoms with van der Waals surface area (Å²) in [6, 6.07) is 4.37. The number of hydrogen-bond acceptors (Lipinski definition) is 4. The maximum Gasteiger partial charge on any atom is 0.159 e. The van der Waals surface area contributed by atoms with E-state index in [0.717, 1.165) is 36.7 Å². The van der Waals surface area contributed by atoms with Gasteiger partial charge < -0.3 is 9.30 Å². The summed E-state index contributed by atoms with van der Waals surface area (Å²) in [5.41, 5.74) is 1.16. The Morgan fingerprint density at radius 1 is 1.44 bits per heavy atom. The molecule has 0 spiro atoms. The Labute approximate surface area is 106 Å². The van der Waals surface area contributed by atoms with Crippen molar-refractivity contribution in [2.24, 2.45) is 0 Å².